The summed E-state index contributed by atoms with van der Waals surface area (Å²) in [5.74, 6) is 1.69. The van der Waals surface area contributed by atoms with Crippen LogP contribution in [0.15, 0.2) is 48.5 Å². The van der Waals surface area contributed by atoms with Crippen molar-refractivity contribution in [2.75, 3.05) is 13.2 Å². The van der Waals surface area contributed by atoms with Gasteiger partial charge in [0.05, 0.1) is 0 Å². The second-order valence-electron chi connectivity index (χ2n) is 4.84. The van der Waals surface area contributed by atoms with Crippen LogP contribution in [0.2, 0.25) is 0 Å². The summed E-state index contributed by atoms with van der Waals surface area (Å²) < 4.78 is 11.4. The molecule has 0 aromatic heterocycles. The number of hydrogen-bond donors (Lipinski definition) is 1. The Morgan fingerprint density at radius 3 is 2.40 bits per heavy atom. The Kier molecular flexibility index (Phi) is 5.02. The van der Waals surface area contributed by atoms with Crippen molar-refractivity contribution in [1.29, 1.82) is 0 Å². The van der Waals surface area contributed by atoms with Crippen LogP contribution in [-0.4, -0.2) is 13.2 Å². The molecule has 0 saturated heterocycles. The molecule has 0 aliphatic heterocycles. The van der Waals surface area contributed by atoms with E-state index >= 15 is 0 Å². The first-order chi connectivity index (χ1) is 9.66. The maximum Gasteiger partial charge on any atom is 0.124 e. The molecule has 0 amide bonds. The summed E-state index contributed by atoms with van der Waals surface area (Å²) in [6.07, 6.45) is 0. The van der Waals surface area contributed by atoms with Crippen molar-refractivity contribution in [3.8, 4) is 11.5 Å². The lowest BCUT2D eigenvalue weighted by Crippen LogP contribution is -2.12. The van der Waals surface area contributed by atoms with Crippen LogP contribution in [0.3, 0.4) is 0 Å². The molecular weight excluding hydrogens is 250 g/mol. The molecule has 0 fully saturated rings. The van der Waals surface area contributed by atoms with Crippen LogP contribution in [0.5, 0.6) is 11.5 Å². The molecule has 0 radical (unpaired) electrons. The third-order valence-electron chi connectivity index (χ3n) is 3.01. The van der Waals surface area contributed by atoms with Gasteiger partial charge in [0.1, 0.15) is 24.7 Å². The number of para-hydroxylation sites is 1. The lowest BCUT2D eigenvalue weighted by atomic mass is 10.1. The third-order valence-corrected chi connectivity index (χ3v) is 3.01. The quantitative estimate of drug-likeness (QED) is 0.818. The average molecular weight is 271 g/mol. The molecule has 0 unspecified atom stereocenters. The zero-order chi connectivity index (χ0) is 14.4. The van der Waals surface area contributed by atoms with Gasteiger partial charge >= 0.3 is 0 Å². The molecule has 0 bridgehead atoms. The van der Waals surface area contributed by atoms with E-state index in [0.717, 1.165) is 17.1 Å². The average Bonchev–Trinajstić information content (AvgIpc) is 2.45. The third kappa shape index (κ3) is 4.00. The van der Waals surface area contributed by atoms with Crippen LogP contribution in [-0.2, 0) is 0 Å². The van der Waals surface area contributed by atoms with Crippen molar-refractivity contribution in [3.63, 3.8) is 0 Å². The number of aryl methyl sites for hydroxylation is 1. The molecular formula is C17H21NO2. The number of benzene rings is 2. The van der Waals surface area contributed by atoms with Gasteiger partial charge in [0, 0.05) is 11.6 Å². The van der Waals surface area contributed by atoms with Crippen LogP contribution < -0.4 is 15.2 Å². The fraction of sp³-hybridized carbons (Fsp3) is 0.294. The molecule has 2 aromatic rings. The summed E-state index contributed by atoms with van der Waals surface area (Å²) in [6, 6.07) is 15.7. The van der Waals surface area contributed by atoms with E-state index in [9.17, 15) is 0 Å². The highest BCUT2D eigenvalue weighted by Gasteiger charge is 2.08. The smallest absolute Gasteiger partial charge is 0.124 e. The molecule has 20 heavy (non-hydrogen) atoms. The van der Waals surface area contributed by atoms with Crippen molar-refractivity contribution < 1.29 is 9.47 Å². The van der Waals surface area contributed by atoms with Crippen molar-refractivity contribution in [3.05, 3.63) is 59.7 Å². The summed E-state index contributed by atoms with van der Waals surface area (Å²) in [6.45, 7) is 5.02. The Hall–Kier alpha value is -2.00. The molecule has 0 saturated carbocycles. The molecule has 2 aromatic carbocycles. The van der Waals surface area contributed by atoms with Gasteiger partial charge in [-0.05, 0) is 32.0 Å². The minimum absolute atomic E-state index is 0.0417. The van der Waals surface area contributed by atoms with E-state index in [4.69, 9.17) is 15.2 Å². The largest absolute Gasteiger partial charge is 0.490 e. The predicted molar refractivity (Wildman–Crippen MR) is 81.2 cm³/mol. The summed E-state index contributed by atoms with van der Waals surface area (Å²) in [5, 5.41) is 0. The minimum atomic E-state index is -0.0417. The Morgan fingerprint density at radius 1 is 1.00 bits per heavy atom. The van der Waals surface area contributed by atoms with E-state index in [0.29, 0.717) is 13.2 Å². The van der Waals surface area contributed by atoms with E-state index in [1.807, 2.05) is 56.3 Å². The van der Waals surface area contributed by atoms with E-state index in [-0.39, 0.29) is 6.04 Å². The standard InChI is InChI=1S/C17H21NO2/c1-13-8-9-17(16(12-13)14(2)18)20-11-10-19-15-6-4-3-5-7-15/h3-9,12,14H,10-11,18H2,1-2H3/t14-/m0/s1. The van der Waals surface area contributed by atoms with Gasteiger partial charge < -0.3 is 15.2 Å². The molecule has 3 nitrogen and oxygen atoms in total. The summed E-state index contributed by atoms with van der Waals surface area (Å²) >= 11 is 0. The monoisotopic (exact) mass is 271 g/mol. The molecule has 3 heteroatoms. The van der Waals surface area contributed by atoms with Crippen LogP contribution in [0.4, 0.5) is 0 Å². The maximum atomic E-state index is 5.97. The SMILES string of the molecule is Cc1ccc(OCCOc2ccccc2)c([C@H](C)N)c1. The molecule has 0 heterocycles. The summed E-state index contributed by atoms with van der Waals surface area (Å²) in [5.41, 5.74) is 8.18. The fourth-order valence-electron chi connectivity index (χ4n) is 1.98. The van der Waals surface area contributed by atoms with E-state index in [1.165, 1.54) is 5.56 Å². The van der Waals surface area contributed by atoms with E-state index < -0.39 is 0 Å². The lowest BCUT2D eigenvalue weighted by Gasteiger charge is -2.15. The van der Waals surface area contributed by atoms with Crippen molar-refractivity contribution in [1.82, 2.24) is 0 Å². The highest BCUT2D eigenvalue weighted by molar-refractivity contribution is 5.38. The molecule has 2 rings (SSSR count). The number of ether oxygens (including phenoxy) is 2. The zero-order valence-electron chi connectivity index (χ0n) is 12.0. The Bertz CT molecular complexity index is 538. The first-order valence-electron chi connectivity index (χ1n) is 6.83. The second kappa shape index (κ2) is 6.96. The Balaban J connectivity index is 1.88. The summed E-state index contributed by atoms with van der Waals surface area (Å²) in [7, 11) is 0. The molecule has 2 N–H and O–H groups in total. The van der Waals surface area contributed by atoms with Crippen molar-refractivity contribution in [2.45, 2.75) is 19.9 Å². The topological polar surface area (TPSA) is 44.5 Å². The van der Waals surface area contributed by atoms with Gasteiger partial charge in [0.2, 0.25) is 0 Å². The number of hydrogen-bond acceptors (Lipinski definition) is 3. The fourth-order valence-corrected chi connectivity index (χ4v) is 1.98. The zero-order valence-corrected chi connectivity index (χ0v) is 12.0. The molecule has 106 valence electrons. The van der Waals surface area contributed by atoms with Gasteiger partial charge in [-0.2, -0.15) is 0 Å². The van der Waals surface area contributed by atoms with Gasteiger partial charge in [-0.1, -0.05) is 35.9 Å². The highest BCUT2D eigenvalue weighted by atomic mass is 16.5. The number of rotatable bonds is 6. The van der Waals surface area contributed by atoms with Crippen molar-refractivity contribution >= 4 is 0 Å². The molecule has 0 aliphatic carbocycles. The predicted octanol–water partition coefficient (Wildman–Crippen LogP) is 3.47. The lowest BCUT2D eigenvalue weighted by molar-refractivity contribution is 0.215. The van der Waals surface area contributed by atoms with Gasteiger partial charge in [-0.25, -0.2) is 0 Å². The van der Waals surface area contributed by atoms with Gasteiger partial charge in [0.15, 0.2) is 0 Å². The Morgan fingerprint density at radius 2 is 1.70 bits per heavy atom. The van der Waals surface area contributed by atoms with Crippen LogP contribution in [0.1, 0.15) is 24.1 Å². The highest BCUT2D eigenvalue weighted by Crippen LogP contribution is 2.24. The minimum Gasteiger partial charge on any atom is -0.490 e. The van der Waals surface area contributed by atoms with Crippen LogP contribution in [0.25, 0.3) is 0 Å². The molecule has 1 atom stereocenters. The molecule has 0 aliphatic rings. The van der Waals surface area contributed by atoms with Crippen molar-refractivity contribution in [2.24, 2.45) is 5.73 Å². The summed E-state index contributed by atoms with van der Waals surface area (Å²) in [4.78, 5) is 0. The van der Waals surface area contributed by atoms with E-state index in [1.54, 1.807) is 0 Å². The normalized spacial score (nSPS) is 11.9. The first-order valence-corrected chi connectivity index (χ1v) is 6.83. The van der Waals surface area contributed by atoms with Crippen LogP contribution >= 0.6 is 0 Å². The van der Waals surface area contributed by atoms with Gasteiger partial charge in [-0.15, -0.1) is 0 Å². The van der Waals surface area contributed by atoms with Gasteiger partial charge in [-0.3, -0.25) is 0 Å². The van der Waals surface area contributed by atoms with E-state index in [2.05, 4.69) is 6.07 Å². The number of nitrogens with two attached hydrogens (primary N) is 1. The Labute approximate surface area is 120 Å². The maximum absolute atomic E-state index is 5.97. The van der Waals surface area contributed by atoms with Gasteiger partial charge in [0.25, 0.3) is 0 Å². The van der Waals surface area contributed by atoms with Crippen LogP contribution in [0, 0.1) is 6.92 Å². The second-order valence-corrected chi connectivity index (χ2v) is 4.84. The first kappa shape index (κ1) is 14.4. The molecule has 0 spiro atoms.